The lowest BCUT2D eigenvalue weighted by Gasteiger charge is -2.30. The van der Waals surface area contributed by atoms with E-state index in [0.29, 0.717) is 7.11 Å². The van der Waals surface area contributed by atoms with Crippen LogP contribution in [0.1, 0.15) is 0 Å². The number of esters is 1. The number of amides is 1. The topological polar surface area (TPSA) is 75.6 Å². The van der Waals surface area contributed by atoms with Gasteiger partial charge in [-0.15, -0.1) is 11.6 Å². The van der Waals surface area contributed by atoms with E-state index in [4.69, 9.17) is 23.2 Å². The Morgan fingerprint density at radius 3 is 2.41 bits per heavy atom. The Kier molecular flexibility index (Phi) is 5.66. The summed E-state index contributed by atoms with van der Waals surface area (Å²) in [4.78, 5) is 23.0. The van der Waals surface area contributed by atoms with Gasteiger partial charge in [-0.3, -0.25) is 4.79 Å². The van der Waals surface area contributed by atoms with Crippen molar-refractivity contribution in [3.05, 3.63) is 29.3 Å². The van der Waals surface area contributed by atoms with Crippen molar-refractivity contribution in [3.63, 3.8) is 0 Å². The molecule has 0 aromatic heterocycles. The van der Waals surface area contributed by atoms with Crippen molar-refractivity contribution in [2.24, 2.45) is 0 Å². The van der Waals surface area contributed by atoms with E-state index in [2.05, 4.69) is 4.74 Å². The van der Waals surface area contributed by atoms with Crippen LogP contribution in [0.5, 0.6) is 0 Å². The highest BCUT2D eigenvalue weighted by molar-refractivity contribution is 6.35. The number of nitrogens with one attached hydrogen (secondary N) is 1. The van der Waals surface area contributed by atoms with Crippen molar-refractivity contribution < 1.29 is 32.6 Å². The molecule has 2 N–H and O–H groups in total. The summed E-state index contributed by atoms with van der Waals surface area (Å²) in [5, 5.41) is 9.13. The highest BCUT2D eigenvalue weighted by Crippen LogP contribution is 2.37. The van der Waals surface area contributed by atoms with Gasteiger partial charge >= 0.3 is 12.1 Å². The molecule has 0 saturated carbocycles. The summed E-state index contributed by atoms with van der Waals surface area (Å²) in [7, 11) is 0.623. The standard InChI is InChI=1S/C12H10Cl2F3NO4/c1-22-10(20)11(21,12(15,16)17)8(14)9(19)18-7-4-2-3-6(13)5-7/h2-5,8,21H,1H3,(H,18,19)/t8-,11-/m1/s1. The molecule has 0 unspecified atom stereocenters. The van der Waals surface area contributed by atoms with E-state index in [1.54, 1.807) is 0 Å². The lowest BCUT2D eigenvalue weighted by molar-refractivity contribution is -0.260. The summed E-state index contributed by atoms with van der Waals surface area (Å²) >= 11 is 11.0. The second-order valence-electron chi connectivity index (χ2n) is 4.12. The van der Waals surface area contributed by atoms with E-state index < -0.39 is 29.0 Å². The number of alkyl halides is 4. The molecule has 0 saturated heterocycles. The molecule has 122 valence electrons. The third-order valence-corrected chi connectivity index (χ3v) is 3.37. The van der Waals surface area contributed by atoms with Gasteiger partial charge < -0.3 is 15.2 Å². The maximum absolute atomic E-state index is 12.9. The van der Waals surface area contributed by atoms with E-state index in [0.717, 1.165) is 0 Å². The van der Waals surface area contributed by atoms with Crippen LogP contribution in [-0.4, -0.2) is 41.2 Å². The number of carbonyl (C=O) groups excluding carboxylic acids is 2. The number of hydrogen-bond donors (Lipinski definition) is 2. The molecule has 5 nitrogen and oxygen atoms in total. The predicted octanol–water partition coefficient (Wildman–Crippen LogP) is 2.35. The van der Waals surface area contributed by atoms with Gasteiger partial charge in [-0.2, -0.15) is 13.2 Å². The molecule has 1 amide bonds. The summed E-state index contributed by atoms with van der Waals surface area (Å²) in [5.74, 6) is -3.55. The molecule has 0 spiro atoms. The molecule has 10 heteroatoms. The van der Waals surface area contributed by atoms with E-state index in [1.165, 1.54) is 24.3 Å². The molecule has 0 aliphatic heterocycles. The van der Waals surface area contributed by atoms with Crippen molar-refractivity contribution in [2.45, 2.75) is 17.2 Å². The smallest absolute Gasteiger partial charge is 0.430 e. The van der Waals surface area contributed by atoms with Crippen molar-refractivity contribution in [2.75, 3.05) is 12.4 Å². The first-order chi connectivity index (χ1) is 10.0. The van der Waals surface area contributed by atoms with E-state index >= 15 is 0 Å². The van der Waals surface area contributed by atoms with Gasteiger partial charge in [0.25, 0.3) is 5.60 Å². The Morgan fingerprint density at radius 1 is 1.36 bits per heavy atom. The van der Waals surface area contributed by atoms with Gasteiger partial charge in [0.15, 0.2) is 5.38 Å². The highest BCUT2D eigenvalue weighted by atomic mass is 35.5. The quantitative estimate of drug-likeness (QED) is 0.639. The number of rotatable bonds is 4. The molecular formula is C12H10Cl2F3NO4. The van der Waals surface area contributed by atoms with E-state index in [-0.39, 0.29) is 10.7 Å². The number of carbonyl (C=O) groups is 2. The minimum atomic E-state index is -5.52. The zero-order valence-electron chi connectivity index (χ0n) is 10.9. The average molecular weight is 360 g/mol. The second kappa shape index (κ2) is 6.72. The summed E-state index contributed by atoms with van der Waals surface area (Å²) in [6.45, 7) is 0. The molecule has 0 fully saturated rings. The summed E-state index contributed by atoms with van der Waals surface area (Å²) in [6.07, 6.45) is -5.52. The SMILES string of the molecule is COC(=O)[C@](O)([C@H](Cl)C(=O)Nc1cccc(Cl)c1)C(F)(F)F. The van der Waals surface area contributed by atoms with Crippen molar-refractivity contribution >= 4 is 40.8 Å². The molecule has 0 heterocycles. The van der Waals surface area contributed by atoms with Gasteiger partial charge in [0.05, 0.1) is 7.11 Å². The molecule has 1 aromatic rings. The zero-order chi connectivity index (χ0) is 17.1. The molecule has 2 atom stereocenters. The fourth-order valence-corrected chi connectivity index (χ4v) is 1.94. The minimum Gasteiger partial charge on any atom is -0.467 e. The van der Waals surface area contributed by atoms with Crippen LogP contribution in [-0.2, 0) is 14.3 Å². The zero-order valence-corrected chi connectivity index (χ0v) is 12.5. The maximum atomic E-state index is 12.9. The second-order valence-corrected chi connectivity index (χ2v) is 4.99. The summed E-state index contributed by atoms with van der Waals surface area (Å²) in [5.41, 5.74) is -4.15. The number of halogens is 5. The predicted molar refractivity (Wildman–Crippen MR) is 72.7 cm³/mol. The fraction of sp³-hybridized carbons (Fsp3) is 0.333. The third kappa shape index (κ3) is 3.63. The van der Waals surface area contributed by atoms with Crippen LogP contribution in [0.25, 0.3) is 0 Å². The van der Waals surface area contributed by atoms with Gasteiger partial charge in [-0.1, -0.05) is 17.7 Å². The molecule has 0 bridgehead atoms. The van der Waals surface area contributed by atoms with Crippen molar-refractivity contribution in [3.8, 4) is 0 Å². The number of aliphatic hydroxyl groups is 1. The van der Waals surface area contributed by atoms with Crippen LogP contribution in [0, 0.1) is 0 Å². The van der Waals surface area contributed by atoms with Crippen LogP contribution in [0.15, 0.2) is 24.3 Å². The molecular weight excluding hydrogens is 350 g/mol. The van der Waals surface area contributed by atoms with Crippen molar-refractivity contribution in [1.29, 1.82) is 0 Å². The van der Waals surface area contributed by atoms with Crippen molar-refractivity contribution in [1.82, 2.24) is 0 Å². The van der Waals surface area contributed by atoms with Crippen LogP contribution >= 0.6 is 23.2 Å². The molecule has 0 radical (unpaired) electrons. The number of anilines is 1. The Hall–Kier alpha value is -1.51. The van der Waals surface area contributed by atoms with Gasteiger partial charge in [-0.25, -0.2) is 4.79 Å². The number of ether oxygens (including phenoxy) is 1. The Bertz CT molecular complexity index is 582. The average Bonchev–Trinajstić information content (AvgIpc) is 2.43. The number of methoxy groups -OCH3 is 1. The monoisotopic (exact) mass is 359 g/mol. The Labute approximate surface area is 133 Å². The molecule has 22 heavy (non-hydrogen) atoms. The lowest BCUT2D eigenvalue weighted by atomic mass is 9.98. The van der Waals surface area contributed by atoms with Gasteiger partial charge in [0.1, 0.15) is 0 Å². The number of benzene rings is 1. The summed E-state index contributed by atoms with van der Waals surface area (Å²) < 4.78 is 42.6. The van der Waals surface area contributed by atoms with E-state index in [9.17, 15) is 27.9 Å². The molecule has 0 aliphatic rings. The van der Waals surface area contributed by atoms with Gasteiger partial charge in [0, 0.05) is 10.7 Å². The normalized spacial score (nSPS) is 15.6. The fourth-order valence-electron chi connectivity index (χ4n) is 1.48. The van der Waals surface area contributed by atoms with Crippen LogP contribution in [0.3, 0.4) is 0 Å². The number of hydrogen-bond acceptors (Lipinski definition) is 4. The highest BCUT2D eigenvalue weighted by Gasteiger charge is 2.67. The minimum absolute atomic E-state index is 0.0394. The van der Waals surface area contributed by atoms with E-state index in [1.807, 2.05) is 5.32 Å². The Balaban J connectivity index is 3.07. The van der Waals surface area contributed by atoms with Crippen LogP contribution < -0.4 is 5.32 Å². The Morgan fingerprint density at radius 2 is 1.95 bits per heavy atom. The van der Waals surface area contributed by atoms with Crippen LogP contribution in [0.4, 0.5) is 18.9 Å². The lowest BCUT2D eigenvalue weighted by Crippen LogP contribution is -2.62. The van der Waals surface area contributed by atoms with Crippen LogP contribution in [0.2, 0.25) is 5.02 Å². The van der Waals surface area contributed by atoms with Gasteiger partial charge in [0.2, 0.25) is 5.91 Å². The summed E-state index contributed by atoms with van der Waals surface area (Å²) in [6, 6.07) is 5.47. The molecule has 1 rings (SSSR count). The van der Waals surface area contributed by atoms with Gasteiger partial charge in [-0.05, 0) is 18.2 Å². The first-order valence-corrected chi connectivity index (χ1v) is 6.43. The molecule has 1 aromatic carbocycles. The maximum Gasteiger partial charge on any atom is 0.430 e. The molecule has 0 aliphatic carbocycles. The third-order valence-electron chi connectivity index (χ3n) is 2.62. The largest absolute Gasteiger partial charge is 0.467 e. The first-order valence-electron chi connectivity index (χ1n) is 5.62. The first kappa shape index (κ1) is 18.5.